The summed E-state index contributed by atoms with van der Waals surface area (Å²) < 4.78 is 4.92. The lowest BCUT2D eigenvalue weighted by atomic mass is 9.48. The van der Waals surface area contributed by atoms with E-state index in [1.54, 1.807) is 6.92 Å². The molecule has 0 radical (unpaired) electrons. The summed E-state index contributed by atoms with van der Waals surface area (Å²) in [6, 6.07) is 2.19. The van der Waals surface area contributed by atoms with Crippen LogP contribution in [0.25, 0.3) is 0 Å². The minimum Gasteiger partial charge on any atom is -0.465 e. The largest absolute Gasteiger partial charge is 0.465 e. The Bertz CT molecular complexity index is 470. The van der Waals surface area contributed by atoms with Crippen molar-refractivity contribution in [2.24, 2.45) is 34.1 Å². The molecule has 4 heteroatoms. The van der Waals surface area contributed by atoms with E-state index in [9.17, 15) is 4.79 Å². The van der Waals surface area contributed by atoms with Gasteiger partial charge in [-0.15, -0.1) is 0 Å². The third-order valence-corrected chi connectivity index (χ3v) is 6.11. The van der Waals surface area contributed by atoms with E-state index >= 15 is 0 Å². The van der Waals surface area contributed by atoms with Crippen LogP contribution in [0.2, 0.25) is 0 Å². The van der Waals surface area contributed by atoms with Gasteiger partial charge < -0.3 is 4.74 Å². The molecule has 4 rings (SSSR count). The second-order valence-corrected chi connectivity index (χ2v) is 7.61. The van der Waals surface area contributed by atoms with Crippen molar-refractivity contribution in [3.8, 4) is 6.07 Å². The zero-order valence-electron chi connectivity index (χ0n) is 13.6. The Labute approximate surface area is 132 Å². The number of nitrogens with zero attached hydrogens (tertiary/aromatic N) is 2. The molecule has 4 bridgehead atoms. The van der Waals surface area contributed by atoms with E-state index in [0.717, 1.165) is 17.8 Å². The molecular weight excluding hydrogens is 276 g/mol. The molecule has 0 saturated heterocycles. The monoisotopic (exact) mass is 302 g/mol. The van der Waals surface area contributed by atoms with Crippen molar-refractivity contribution in [3.63, 3.8) is 0 Å². The van der Waals surface area contributed by atoms with E-state index in [1.165, 1.54) is 44.7 Å². The Morgan fingerprint density at radius 2 is 1.86 bits per heavy atom. The Kier molecular flexibility index (Phi) is 4.25. The molecule has 0 heterocycles. The molecule has 120 valence electrons. The second kappa shape index (κ2) is 6.02. The average molecular weight is 302 g/mol. The van der Waals surface area contributed by atoms with Crippen molar-refractivity contribution in [3.05, 3.63) is 0 Å². The van der Waals surface area contributed by atoms with Gasteiger partial charge in [-0.05, 0) is 75.5 Å². The molecule has 0 spiro atoms. The van der Waals surface area contributed by atoms with Gasteiger partial charge in [0.25, 0.3) is 0 Å². The van der Waals surface area contributed by atoms with Crippen molar-refractivity contribution < 1.29 is 9.53 Å². The maximum atomic E-state index is 11.7. The number of carbonyl (C=O) groups excluding carboxylic acids is 1. The predicted octanol–water partition coefficient (Wildman–Crippen LogP) is 3.36. The minimum absolute atomic E-state index is 0.200. The lowest BCUT2D eigenvalue weighted by molar-refractivity contribution is -0.143. The van der Waals surface area contributed by atoms with Gasteiger partial charge in [-0.25, -0.2) is 0 Å². The third kappa shape index (κ3) is 2.78. The van der Waals surface area contributed by atoms with Crippen LogP contribution in [0.4, 0.5) is 0 Å². The second-order valence-electron chi connectivity index (χ2n) is 7.61. The number of aliphatic imine (C=N–C) groups is 1. The van der Waals surface area contributed by atoms with Gasteiger partial charge in [0.2, 0.25) is 0 Å². The smallest absolute Gasteiger partial charge is 0.328 e. The summed E-state index contributed by atoms with van der Waals surface area (Å²) in [4.78, 5) is 16.3. The molecule has 22 heavy (non-hydrogen) atoms. The number of ether oxygens (including phenoxy) is 1. The quantitative estimate of drug-likeness (QED) is 0.578. The lowest BCUT2D eigenvalue weighted by Crippen LogP contribution is -2.50. The van der Waals surface area contributed by atoms with Gasteiger partial charge in [-0.1, -0.05) is 0 Å². The van der Waals surface area contributed by atoms with Crippen LogP contribution < -0.4 is 0 Å². The molecule has 0 amide bonds. The van der Waals surface area contributed by atoms with Crippen molar-refractivity contribution >= 4 is 12.2 Å². The standard InChI is InChI=1S/C18H26N2O2/c1-3-22-17(21)16(10-19)11-20-12(2)18-7-13-4-14(8-18)6-15(5-13)9-18/h11-16H,3-9H2,1-2H3/t12-,13?,14?,15?,16-,18?/m0/s1. The lowest BCUT2D eigenvalue weighted by Gasteiger charge is -2.58. The molecule has 4 saturated carbocycles. The first-order valence-electron chi connectivity index (χ1n) is 8.66. The molecule has 4 nitrogen and oxygen atoms in total. The van der Waals surface area contributed by atoms with E-state index in [4.69, 9.17) is 10.00 Å². The molecule has 0 aromatic carbocycles. The van der Waals surface area contributed by atoms with Crippen LogP contribution in [0.3, 0.4) is 0 Å². The Balaban J connectivity index is 1.69. The Morgan fingerprint density at radius 3 is 2.32 bits per heavy atom. The molecule has 0 aliphatic heterocycles. The molecule has 0 unspecified atom stereocenters. The molecule has 0 aromatic rings. The summed E-state index contributed by atoms with van der Waals surface area (Å²) in [6.07, 6.45) is 9.63. The van der Waals surface area contributed by atoms with Crippen LogP contribution in [0, 0.1) is 40.4 Å². The van der Waals surface area contributed by atoms with E-state index in [2.05, 4.69) is 11.9 Å². The molecule has 4 fully saturated rings. The van der Waals surface area contributed by atoms with Crippen LogP contribution in [0.15, 0.2) is 4.99 Å². The number of rotatable bonds is 5. The highest BCUT2D eigenvalue weighted by Crippen LogP contribution is 2.61. The highest BCUT2D eigenvalue weighted by molar-refractivity contribution is 5.92. The molecule has 0 N–H and O–H groups in total. The van der Waals surface area contributed by atoms with Crippen LogP contribution >= 0.6 is 0 Å². The SMILES string of the molecule is CCOC(=O)[C@@H](C#N)C=N[C@@H](C)C12CC3CC(CC(C3)C1)C2. The molecular formula is C18H26N2O2. The molecule has 0 aromatic heterocycles. The maximum Gasteiger partial charge on any atom is 0.328 e. The van der Waals surface area contributed by atoms with E-state index in [1.807, 2.05) is 6.07 Å². The topological polar surface area (TPSA) is 62.5 Å². The molecule has 4 aliphatic carbocycles. The highest BCUT2D eigenvalue weighted by atomic mass is 16.5. The predicted molar refractivity (Wildman–Crippen MR) is 84.3 cm³/mol. The molecule has 2 atom stereocenters. The third-order valence-electron chi connectivity index (χ3n) is 6.11. The van der Waals surface area contributed by atoms with E-state index in [-0.39, 0.29) is 6.04 Å². The number of hydrogen-bond donors (Lipinski definition) is 0. The summed E-state index contributed by atoms with van der Waals surface area (Å²) in [7, 11) is 0. The summed E-state index contributed by atoms with van der Waals surface area (Å²) in [5.74, 6) is 1.32. The summed E-state index contributed by atoms with van der Waals surface area (Å²) >= 11 is 0. The molecule has 4 aliphatic rings. The average Bonchev–Trinajstić information content (AvgIpc) is 2.46. The van der Waals surface area contributed by atoms with Crippen molar-refractivity contribution in [1.29, 1.82) is 5.26 Å². The zero-order chi connectivity index (χ0) is 15.7. The van der Waals surface area contributed by atoms with E-state index < -0.39 is 11.9 Å². The minimum atomic E-state index is -0.865. The van der Waals surface area contributed by atoms with E-state index in [0.29, 0.717) is 12.0 Å². The van der Waals surface area contributed by atoms with Crippen LogP contribution in [0.5, 0.6) is 0 Å². The Morgan fingerprint density at radius 1 is 1.32 bits per heavy atom. The van der Waals surface area contributed by atoms with Gasteiger partial charge in [0.1, 0.15) is 0 Å². The fourth-order valence-corrected chi connectivity index (χ4v) is 5.44. The maximum absolute atomic E-state index is 11.7. The number of carbonyl (C=O) groups is 1. The van der Waals surface area contributed by atoms with Crippen LogP contribution in [-0.4, -0.2) is 24.8 Å². The van der Waals surface area contributed by atoms with Crippen LogP contribution in [-0.2, 0) is 9.53 Å². The van der Waals surface area contributed by atoms with Gasteiger partial charge in [-0.3, -0.25) is 9.79 Å². The normalized spacial score (nSPS) is 38.7. The Hall–Kier alpha value is -1.37. The van der Waals surface area contributed by atoms with Crippen molar-refractivity contribution in [2.45, 2.75) is 58.4 Å². The van der Waals surface area contributed by atoms with Crippen LogP contribution in [0.1, 0.15) is 52.4 Å². The number of nitriles is 1. The zero-order valence-corrected chi connectivity index (χ0v) is 13.6. The summed E-state index contributed by atoms with van der Waals surface area (Å²) in [6.45, 7) is 4.22. The first-order valence-corrected chi connectivity index (χ1v) is 8.66. The first kappa shape index (κ1) is 15.5. The fraction of sp³-hybridized carbons (Fsp3) is 0.833. The van der Waals surface area contributed by atoms with Gasteiger partial charge in [-0.2, -0.15) is 5.26 Å². The first-order chi connectivity index (χ1) is 10.6. The summed E-state index contributed by atoms with van der Waals surface area (Å²) in [5.41, 5.74) is 0.319. The van der Waals surface area contributed by atoms with Gasteiger partial charge in [0.15, 0.2) is 5.92 Å². The van der Waals surface area contributed by atoms with Gasteiger partial charge in [0, 0.05) is 6.21 Å². The van der Waals surface area contributed by atoms with Crippen molar-refractivity contribution in [1.82, 2.24) is 0 Å². The number of esters is 1. The highest BCUT2D eigenvalue weighted by Gasteiger charge is 2.53. The van der Waals surface area contributed by atoms with Crippen molar-refractivity contribution in [2.75, 3.05) is 6.61 Å². The van der Waals surface area contributed by atoms with Gasteiger partial charge in [0.05, 0.1) is 18.7 Å². The number of hydrogen-bond acceptors (Lipinski definition) is 4. The van der Waals surface area contributed by atoms with Gasteiger partial charge >= 0.3 is 5.97 Å². The summed E-state index contributed by atoms with van der Waals surface area (Å²) in [5, 5.41) is 9.13. The fourth-order valence-electron chi connectivity index (χ4n) is 5.44.